The van der Waals surface area contributed by atoms with Gasteiger partial charge < -0.3 is 20.1 Å². The van der Waals surface area contributed by atoms with Crippen molar-refractivity contribution >= 4 is 34.0 Å². The van der Waals surface area contributed by atoms with Crippen molar-refractivity contribution in [1.82, 2.24) is 39.7 Å². The number of nitrogens with one attached hydrogen (secondary N) is 2. The highest BCUT2D eigenvalue weighted by Gasteiger charge is 2.37. The predicted molar refractivity (Wildman–Crippen MR) is 199 cm³/mol. The van der Waals surface area contributed by atoms with Crippen LogP contribution in [0.2, 0.25) is 0 Å². The van der Waals surface area contributed by atoms with E-state index in [0.717, 1.165) is 46.3 Å². The zero-order valence-corrected chi connectivity index (χ0v) is 30.2. The monoisotopic (exact) mass is 721 g/mol. The van der Waals surface area contributed by atoms with E-state index in [1.54, 1.807) is 12.3 Å². The molecule has 14 heteroatoms. The fourth-order valence-electron chi connectivity index (χ4n) is 7.12. The molecule has 2 aliphatic rings. The van der Waals surface area contributed by atoms with Crippen LogP contribution < -0.4 is 10.1 Å². The Kier molecular flexibility index (Phi) is 10.3. The summed E-state index contributed by atoms with van der Waals surface area (Å²) in [5.74, 6) is 0.366. The SMILES string of the molecule is CC(C)Oc1ccc(-c2n[nH]c3ccc(NC(=O)C[C@]4(C)CCN(CC(=O)N5CC=C(c6ccc(-c7ncn(CCO)n7)c(F)c6)CC5)C4)cc23)cn1. The quantitative estimate of drug-likeness (QED) is 0.159. The number of benzene rings is 2. The Labute approximate surface area is 306 Å². The number of ether oxygens (including phenoxy) is 1. The molecular weight excluding hydrogens is 677 g/mol. The Bertz CT molecular complexity index is 2140. The molecule has 53 heavy (non-hydrogen) atoms. The smallest absolute Gasteiger partial charge is 0.237 e. The summed E-state index contributed by atoms with van der Waals surface area (Å²) in [5, 5.41) is 24.8. The van der Waals surface area contributed by atoms with Crippen LogP contribution in [0.5, 0.6) is 5.88 Å². The summed E-state index contributed by atoms with van der Waals surface area (Å²) in [5.41, 5.74) is 4.91. The Morgan fingerprint density at radius 1 is 1.09 bits per heavy atom. The minimum absolute atomic E-state index is 0.0301. The number of H-pyrrole nitrogens is 1. The Morgan fingerprint density at radius 3 is 2.68 bits per heavy atom. The highest BCUT2D eigenvalue weighted by Crippen LogP contribution is 2.35. The van der Waals surface area contributed by atoms with Crippen LogP contribution in [0, 0.1) is 11.2 Å². The number of rotatable bonds is 12. The molecule has 276 valence electrons. The van der Waals surface area contributed by atoms with Gasteiger partial charge in [-0.3, -0.25) is 24.3 Å². The molecule has 2 aromatic carbocycles. The first-order valence-corrected chi connectivity index (χ1v) is 18.0. The Hall–Kier alpha value is -5.47. The van der Waals surface area contributed by atoms with E-state index in [4.69, 9.17) is 9.84 Å². The molecule has 7 rings (SSSR count). The van der Waals surface area contributed by atoms with Gasteiger partial charge in [-0.15, -0.1) is 0 Å². The second-order valence-electron chi connectivity index (χ2n) is 14.4. The van der Waals surface area contributed by atoms with E-state index in [2.05, 4.69) is 42.4 Å². The number of aromatic nitrogens is 6. The number of carbonyl (C=O) groups excluding carboxylic acids is 2. The number of hydrogen-bond donors (Lipinski definition) is 3. The molecular formula is C39H44FN9O4. The van der Waals surface area contributed by atoms with Gasteiger partial charge in [0, 0.05) is 55.0 Å². The van der Waals surface area contributed by atoms with Crippen LogP contribution in [0.15, 0.2) is 67.1 Å². The summed E-state index contributed by atoms with van der Waals surface area (Å²) in [6.07, 6.45) is 6.98. The zero-order chi connectivity index (χ0) is 37.1. The van der Waals surface area contributed by atoms with Crippen molar-refractivity contribution in [2.45, 2.75) is 52.7 Å². The van der Waals surface area contributed by atoms with Gasteiger partial charge in [-0.1, -0.05) is 19.1 Å². The summed E-state index contributed by atoms with van der Waals surface area (Å²) in [6, 6.07) is 14.4. The van der Waals surface area contributed by atoms with Gasteiger partial charge in [0.2, 0.25) is 17.7 Å². The van der Waals surface area contributed by atoms with Gasteiger partial charge >= 0.3 is 0 Å². The lowest BCUT2D eigenvalue weighted by Gasteiger charge is -2.29. The minimum Gasteiger partial charge on any atom is -0.475 e. The molecule has 0 bridgehead atoms. The van der Waals surface area contributed by atoms with Crippen molar-refractivity contribution in [2.75, 3.05) is 44.6 Å². The van der Waals surface area contributed by atoms with Gasteiger partial charge in [-0.2, -0.15) is 10.2 Å². The maximum absolute atomic E-state index is 15.1. The molecule has 0 radical (unpaired) electrons. The summed E-state index contributed by atoms with van der Waals surface area (Å²) >= 11 is 0. The number of fused-ring (bicyclic) bond motifs is 1. The molecule has 13 nitrogen and oxygen atoms in total. The van der Waals surface area contributed by atoms with Crippen molar-refractivity contribution in [3.63, 3.8) is 0 Å². The van der Waals surface area contributed by atoms with Crippen molar-refractivity contribution in [3.8, 4) is 28.5 Å². The zero-order valence-electron chi connectivity index (χ0n) is 30.2. The molecule has 0 unspecified atom stereocenters. The largest absolute Gasteiger partial charge is 0.475 e. The average molecular weight is 722 g/mol. The number of amides is 2. The molecule has 1 fully saturated rings. The van der Waals surface area contributed by atoms with Gasteiger partial charge in [-0.05, 0) is 86.2 Å². The van der Waals surface area contributed by atoms with Gasteiger partial charge in [0.1, 0.15) is 17.8 Å². The molecule has 0 spiro atoms. The summed E-state index contributed by atoms with van der Waals surface area (Å²) in [7, 11) is 0. The first kappa shape index (κ1) is 35.9. The lowest BCUT2D eigenvalue weighted by Crippen LogP contribution is -2.42. The highest BCUT2D eigenvalue weighted by molar-refractivity contribution is 5.98. The molecule has 0 aliphatic carbocycles. The second kappa shape index (κ2) is 15.2. The first-order valence-electron chi connectivity index (χ1n) is 18.0. The van der Waals surface area contributed by atoms with Crippen LogP contribution in [0.3, 0.4) is 0 Å². The average Bonchev–Trinajstić information content (AvgIpc) is 3.87. The summed E-state index contributed by atoms with van der Waals surface area (Å²) in [4.78, 5) is 39.1. The predicted octanol–water partition coefficient (Wildman–Crippen LogP) is 5.16. The van der Waals surface area contributed by atoms with E-state index in [0.29, 0.717) is 62.7 Å². The molecule has 5 aromatic rings. The number of hydrogen-bond acceptors (Lipinski definition) is 9. The number of anilines is 1. The Balaban J connectivity index is 0.907. The number of aliphatic hydroxyl groups is 1. The highest BCUT2D eigenvalue weighted by atomic mass is 19.1. The van der Waals surface area contributed by atoms with Gasteiger partial charge in [0.15, 0.2) is 5.82 Å². The fourth-order valence-corrected chi connectivity index (χ4v) is 7.12. The fraction of sp³-hybridized carbons (Fsp3) is 0.385. The normalized spacial score (nSPS) is 17.8. The number of aliphatic hydroxyl groups excluding tert-OH is 1. The van der Waals surface area contributed by atoms with Crippen LogP contribution in [0.1, 0.15) is 45.6 Å². The number of aromatic amines is 1. The van der Waals surface area contributed by atoms with Crippen molar-refractivity contribution in [2.24, 2.45) is 5.41 Å². The molecule has 1 atom stereocenters. The first-order chi connectivity index (χ1) is 25.6. The van der Waals surface area contributed by atoms with E-state index in [9.17, 15) is 9.59 Å². The number of halogens is 1. The molecule has 0 saturated carbocycles. The van der Waals surface area contributed by atoms with E-state index >= 15 is 4.39 Å². The molecule has 1 saturated heterocycles. The van der Waals surface area contributed by atoms with Crippen LogP contribution in [0.4, 0.5) is 10.1 Å². The molecule has 5 heterocycles. The molecule has 3 aromatic heterocycles. The van der Waals surface area contributed by atoms with E-state index < -0.39 is 5.82 Å². The van der Waals surface area contributed by atoms with Crippen LogP contribution in [0.25, 0.3) is 39.1 Å². The molecule has 2 aliphatic heterocycles. The van der Waals surface area contributed by atoms with E-state index in [1.807, 2.05) is 61.2 Å². The topological polar surface area (TPSA) is 154 Å². The number of nitrogens with zero attached hydrogens (tertiary/aromatic N) is 7. The van der Waals surface area contributed by atoms with Gasteiger partial charge in [0.25, 0.3) is 0 Å². The number of pyridine rings is 1. The van der Waals surface area contributed by atoms with Gasteiger partial charge in [0.05, 0.1) is 36.9 Å². The number of likely N-dealkylation sites (tertiary alicyclic amines) is 1. The van der Waals surface area contributed by atoms with Crippen LogP contribution in [-0.2, 0) is 16.1 Å². The standard InChI is InChI=1S/C39H44FN9O4/c1-25(2)53-35-9-5-28(21-41-35)37-31-19-29(6-8-33(31)44-45-37)43-34(51)20-39(3)12-15-47(23-39)22-36(52)48-13-10-26(11-14-48)27-4-7-30(32(40)18-27)38-42-24-49(46-38)16-17-50/h4-10,18-19,21,24-25,50H,11-17,20,22-23H2,1-3H3,(H,43,51)(H,44,45)/t39-/m0/s1. The summed E-state index contributed by atoms with van der Waals surface area (Å²) < 4.78 is 22.2. The molecule has 3 N–H and O–H groups in total. The van der Waals surface area contributed by atoms with Crippen LogP contribution in [-0.4, -0.2) is 102 Å². The third-order valence-corrected chi connectivity index (χ3v) is 9.80. The number of carbonyl (C=O) groups is 2. The maximum Gasteiger partial charge on any atom is 0.237 e. The van der Waals surface area contributed by atoms with Crippen molar-refractivity contribution in [3.05, 3.63) is 78.5 Å². The second-order valence-corrected chi connectivity index (χ2v) is 14.4. The third-order valence-electron chi connectivity index (χ3n) is 9.80. The molecule has 2 amide bonds. The third kappa shape index (κ3) is 8.28. The van der Waals surface area contributed by atoms with Gasteiger partial charge in [-0.25, -0.2) is 14.4 Å². The Morgan fingerprint density at radius 2 is 1.94 bits per heavy atom. The summed E-state index contributed by atoms with van der Waals surface area (Å²) in [6.45, 7) is 8.90. The van der Waals surface area contributed by atoms with Crippen molar-refractivity contribution < 1.29 is 23.8 Å². The lowest BCUT2D eigenvalue weighted by molar-refractivity contribution is -0.131. The maximum atomic E-state index is 15.1. The van der Waals surface area contributed by atoms with Crippen LogP contribution >= 0.6 is 0 Å². The van der Waals surface area contributed by atoms with E-state index in [1.165, 1.54) is 17.1 Å². The minimum atomic E-state index is -0.421. The lowest BCUT2D eigenvalue weighted by atomic mass is 9.85. The van der Waals surface area contributed by atoms with E-state index in [-0.39, 0.29) is 35.8 Å². The van der Waals surface area contributed by atoms with Crippen molar-refractivity contribution in [1.29, 1.82) is 0 Å².